The first-order valence-corrected chi connectivity index (χ1v) is 7.78. The maximum atomic E-state index is 14.5. The first kappa shape index (κ1) is 18.0. The Morgan fingerprint density at radius 2 is 1.56 bits per heavy atom. The van der Waals surface area contributed by atoms with E-state index in [4.69, 9.17) is 9.47 Å². The van der Waals surface area contributed by atoms with Crippen molar-refractivity contribution in [2.45, 2.75) is 0 Å². The van der Waals surface area contributed by atoms with Gasteiger partial charge in [-0.2, -0.15) is 5.26 Å². The van der Waals surface area contributed by atoms with Crippen LogP contribution >= 0.6 is 0 Å². The van der Waals surface area contributed by atoms with Crippen LogP contribution in [0.3, 0.4) is 0 Å². The maximum absolute atomic E-state index is 14.5. The van der Waals surface area contributed by atoms with Crippen molar-refractivity contribution < 1.29 is 13.9 Å². The maximum Gasteiger partial charge on any atom is 0.351 e. The van der Waals surface area contributed by atoms with Gasteiger partial charge in [0.2, 0.25) is 0 Å². The van der Waals surface area contributed by atoms with E-state index in [2.05, 4.69) is 0 Å². The summed E-state index contributed by atoms with van der Waals surface area (Å²) in [5, 5.41) is 9.27. The van der Waals surface area contributed by atoms with Crippen molar-refractivity contribution in [3.63, 3.8) is 0 Å². The number of ether oxygens (including phenoxy) is 2. The highest BCUT2D eigenvalue weighted by Gasteiger charge is 2.19. The third-order valence-electron chi connectivity index (χ3n) is 4.08. The topological polar surface area (TPSA) is 91.2 Å². The smallest absolute Gasteiger partial charge is 0.351 e. The molecular formula is C18H15FN4O4. The van der Waals surface area contributed by atoms with Gasteiger partial charge in [-0.15, -0.1) is 0 Å². The first-order chi connectivity index (χ1) is 12.9. The van der Waals surface area contributed by atoms with E-state index < -0.39 is 17.2 Å². The van der Waals surface area contributed by atoms with Gasteiger partial charge in [-0.1, -0.05) is 0 Å². The van der Waals surface area contributed by atoms with E-state index in [0.29, 0.717) is 16.1 Å². The average Bonchev–Trinajstić information content (AvgIpc) is 2.86. The Morgan fingerprint density at radius 1 is 1.00 bits per heavy atom. The second-order valence-corrected chi connectivity index (χ2v) is 5.64. The zero-order chi connectivity index (χ0) is 19.7. The number of hydrogen-bond donors (Lipinski definition) is 0. The predicted octanol–water partition coefficient (Wildman–Crippen LogP) is 1.69. The highest BCUT2D eigenvalue weighted by atomic mass is 19.1. The zero-order valence-electron chi connectivity index (χ0n) is 14.8. The number of halogens is 1. The molecule has 0 unspecified atom stereocenters. The lowest BCUT2D eigenvalue weighted by molar-refractivity contribution is 0.412. The molecule has 1 heterocycles. The molecule has 0 fully saturated rings. The fourth-order valence-electron chi connectivity index (χ4n) is 2.49. The highest BCUT2D eigenvalue weighted by Crippen LogP contribution is 2.29. The summed E-state index contributed by atoms with van der Waals surface area (Å²) in [4.78, 5) is 24.6. The molecule has 0 saturated carbocycles. The molecule has 3 aromatic rings. The van der Waals surface area contributed by atoms with Gasteiger partial charge in [0.05, 0.1) is 18.4 Å². The number of hydrogen-bond acceptors (Lipinski definition) is 5. The Labute approximate surface area is 152 Å². The lowest BCUT2D eigenvalue weighted by Crippen LogP contribution is -2.27. The highest BCUT2D eigenvalue weighted by molar-refractivity contribution is 5.52. The van der Waals surface area contributed by atoms with Crippen molar-refractivity contribution in [3.8, 4) is 29.0 Å². The summed E-state index contributed by atoms with van der Waals surface area (Å²) in [6.45, 7) is 0. The molecule has 8 nitrogen and oxygen atoms in total. The molecule has 9 heteroatoms. The lowest BCUT2D eigenvalue weighted by atomic mass is 10.2. The van der Waals surface area contributed by atoms with E-state index >= 15 is 0 Å². The average molecular weight is 370 g/mol. The fraction of sp³-hybridized carbons (Fsp3) is 0.167. The SMILES string of the molecule is COc1ccc(Oc2cc(-n3c(=O)n(C)n(C)c3=O)c(F)cc2C#N)cc1. The molecule has 3 rings (SSSR count). The van der Waals surface area contributed by atoms with Crippen molar-refractivity contribution in [3.05, 3.63) is 68.7 Å². The standard InChI is InChI=1S/C18H15FN4O4/c1-21-17(24)23(18(25)22(21)2)15-9-16(11(10-20)8-14(15)19)27-13-6-4-12(26-3)5-7-13/h4-9H,1-3H3. The van der Waals surface area contributed by atoms with Crippen LogP contribution in [0.4, 0.5) is 4.39 Å². The number of rotatable bonds is 4. The van der Waals surface area contributed by atoms with Gasteiger partial charge in [-0.25, -0.2) is 27.9 Å². The molecule has 0 aliphatic heterocycles. The quantitative estimate of drug-likeness (QED) is 0.697. The van der Waals surface area contributed by atoms with Crippen LogP contribution in [-0.4, -0.2) is 21.0 Å². The Bertz CT molecular complexity index is 1130. The summed E-state index contributed by atoms with van der Waals surface area (Å²) in [5.41, 5.74) is -1.82. The van der Waals surface area contributed by atoms with E-state index in [-0.39, 0.29) is 17.0 Å². The van der Waals surface area contributed by atoms with E-state index in [1.165, 1.54) is 21.2 Å². The number of benzene rings is 2. The van der Waals surface area contributed by atoms with E-state index in [1.807, 2.05) is 6.07 Å². The molecule has 138 valence electrons. The number of nitriles is 1. The minimum atomic E-state index is -0.890. The Morgan fingerprint density at radius 3 is 2.07 bits per heavy atom. The molecule has 0 bridgehead atoms. The van der Waals surface area contributed by atoms with Crippen molar-refractivity contribution in [1.29, 1.82) is 5.26 Å². The molecular weight excluding hydrogens is 355 g/mol. The minimum Gasteiger partial charge on any atom is -0.497 e. The Balaban J connectivity index is 2.14. The number of aromatic nitrogens is 3. The minimum absolute atomic E-state index is 0.0110. The second kappa shape index (κ2) is 6.84. The van der Waals surface area contributed by atoms with Crippen LogP contribution in [0.15, 0.2) is 46.0 Å². The molecule has 0 amide bonds. The molecule has 27 heavy (non-hydrogen) atoms. The zero-order valence-corrected chi connectivity index (χ0v) is 14.8. The molecule has 0 atom stereocenters. The van der Waals surface area contributed by atoms with Gasteiger partial charge in [-0.05, 0) is 30.3 Å². The molecule has 0 aliphatic carbocycles. The Hall–Kier alpha value is -3.80. The van der Waals surface area contributed by atoms with E-state index in [1.54, 1.807) is 24.3 Å². The fourth-order valence-corrected chi connectivity index (χ4v) is 2.49. The van der Waals surface area contributed by atoms with Gasteiger partial charge >= 0.3 is 11.4 Å². The molecule has 1 aromatic heterocycles. The van der Waals surface area contributed by atoms with Gasteiger partial charge in [0.25, 0.3) is 0 Å². The lowest BCUT2D eigenvalue weighted by Gasteiger charge is -2.11. The molecule has 0 N–H and O–H groups in total. The van der Waals surface area contributed by atoms with Crippen LogP contribution < -0.4 is 20.9 Å². The number of methoxy groups -OCH3 is 1. The summed E-state index contributed by atoms with van der Waals surface area (Å²) in [7, 11) is 4.29. The largest absolute Gasteiger partial charge is 0.497 e. The monoisotopic (exact) mass is 370 g/mol. The van der Waals surface area contributed by atoms with Crippen LogP contribution in [0, 0.1) is 17.1 Å². The van der Waals surface area contributed by atoms with Crippen LogP contribution in [-0.2, 0) is 14.1 Å². The second-order valence-electron chi connectivity index (χ2n) is 5.64. The van der Waals surface area contributed by atoms with E-state index in [0.717, 1.165) is 21.5 Å². The molecule has 0 saturated heterocycles. The third-order valence-corrected chi connectivity index (χ3v) is 4.08. The van der Waals surface area contributed by atoms with Crippen molar-refractivity contribution in [2.24, 2.45) is 14.1 Å². The van der Waals surface area contributed by atoms with Crippen LogP contribution in [0.2, 0.25) is 0 Å². The van der Waals surface area contributed by atoms with Crippen LogP contribution in [0.25, 0.3) is 5.69 Å². The van der Waals surface area contributed by atoms with Crippen LogP contribution in [0.1, 0.15) is 5.56 Å². The predicted molar refractivity (Wildman–Crippen MR) is 94.0 cm³/mol. The molecule has 2 aromatic carbocycles. The van der Waals surface area contributed by atoms with Gasteiger partial charge in [0.1, 0.15) is 29.1 Å². The van der Waals surface area contributed by atoms with Gasteiger partial charge < -0.3 is 9.47 Å². The summed E-state index contributed by atoms with van der Waals surface area (Å²) in [5.74, 6) is 0.107. The molecule has 0 aliphatic rings. The normalized spacial score (nSPS) is 10.5. The van der Waals surface area contributed by atoms with Gasteiger partial charge in [-0.3, -0.25) is 0 Å². The van der Waals surface area contributed by atoms with Gasteiger partial charge in [0, 0.05) is 20.2 Å². The summed E-state index contributed by atoms with van der Waals surface area (Å²) < 4.78 is 28.0. The third kappa shape index (κ3) is 3.08. The van der Waals surface area contributed by atoms with E-state index in [9.17, 15) is 19.2 Å². The van der Waals surface area contributed by atoms with Crippen molar-refractivity contribution in [2.75, 3.05) is 7.11 Å². The Kier molecular flexibility index (Phi) is 4.56. The number of nitrogens with zero attached hydrogens (tertiary/aromatic N) is 4. The van der Waals surface area contributed by atoms with Crippen molar-refractivity contribution >= 4 is 0 Å². The summed E-state index contributed by atoms with van der Waals surface area (Å²) >= 11 is 0. The van der Waals surface area contributed by atoms with Crippen molar-refractivity contribution in [1.82, 2.24) is 13.9 Å². The summed E-state index contributed by atoms with van der Waals surface area (Å²) in [6.07, 6.45) is 0. The molecule has 0 radical (unpaired) electrons. The molecule has 0 spiro atoms. The van der Waals surface area contributed by atoms with Gasteiger partial charge in [0.15, 0.2) is 0 Å². The van der Waals surface area contributed by atoms with Crippen LogP contribution in [0.5, 0.6) is 17.2 Å². The first-order valence-electron chi connectivity index (χ1n) is 7.78. The summed E-state index contributed by atoms with van der Waals surface area (Å²) in [6, 6.07) is 10.4.